The molecule has 0 spiro atoms. The van der Waals surface area contributed by atoms with Gasteiger partial charge in [0.1, 0.15) is 5.82 Å². The van der Waals surface area contributed by atoms with E-state index in [1.54, 1.807) is 54.6 Å². The van der Waals surface area contributed by atoms with Gasteiger partial charge in [0.15, 0.2) is 5.16 Å². The highest BCUT2D eigenvalue weighted by Crippen LogP contribution is 2.25. The zero-order valence-electron chi connectivity index (χ0n) is 17.0. The molecule has 0 aliphatic carbocycles. The van der Waals surface area contributed by atoms with Gasteiger partial charge in [0.25, 0.3) is 5.56 Å². The molecular weight excluding hydrogens is 441 g/mol. The van der Waals surface area contributed by atoms with Gasteiger partial charge in [-0.15, -0.1) is 0 Å². The van der Waals surface area contributed by atoms with E-state index in [-0.39, 0.29) is 17.1 Å². The van der Waals surface area contributed by atoms with Crippen molar-refractivity contribution >= 4 is 22.7 Å². The van der Waals surface area contributed by atoms with Gasteiger partial charge in [-0.3, -0.25) is 9.36 Å². The molecule has 5 aromatic rings. The van der Waals surface area contributed by atoms with Gasteiger partial charge < -0.3 is 4.52 Å². The second-order valence-electron chi connectivity index (χ2n) is 7.02. The maximum absolute atomic E-state index is 13.3. The lowest BCUT2D eigenvalue weighted by Gasteiger charge is -2.12. The summed E-state index contributed by atoms with van der Waals surface area (Å²) in [6.45, 7) is 0. The smallest absolute Gasteiger partial charge is 0.266 e. The molecule has 0 atom stereocenters. The Hall–Kier alpha value is -4.29. The number of rotatable bonds is 5. The van der Waals surface area contributed by atoms with Crippen LogP contribution < -0.4 is 5.56 Å². The van der Waals surface area contributed by atoms with Crippen LogP contribution in [0.15, 0.2) is 87.3 Å². The molecule has 5 rings (SSSR count). The van der Waals surface area contributed by atoms with E-state index >= 15 is 0 Å². The highest BCUT2D eigenvalue weighted by molar-refractivity contribution is 7.98. The Labute approximate surface area is 191 Å². The summed E-state index contributed by atoms with van der Waals surface area (Å²) in [6, 6.07) is 21.7. The standard InChI is InChI=1S/C24H14FN5O2S/c25-17-9-7-16(8-10-17)22-28-21(32-29-22)14-33-24-27-20-4-2-1-3-19(20)23(31)30(24)18-11-5-15(13-26)6-12-18/h1-12H,14H2. The number of hydrogen-bond donors (Lipinski definition) is 0. The Kier molecular flexibility index (Phi) is 5.42. The number of nitriles is 1. The summed E-state index contributed by atoms with van der Waals surface area (Å²) >= 11 is 1.28. The fourth-order valence-electron chi connectivity index (χ4n) is 3.28. The second-order valence-corrected chi connectivity index (χ2v) is 7.96. The lowest BCUT2D eigenvalue weighted by Crippen LogP contribution is -2.21. The van der Waals surface area contributed by atoms with Crippen molar-refractivity contribution < 1.29 is 8.91 Å². The number of fused-ring (bicyclic) bond motifs is 1. The molecule has 0 radical (unpaired) electrons. The minimum absolute atomic E-state index is 0.217. The molecule has 9 heteroatoms. The highest BCUT2D eigenvalue weighted by Gasteiger charge is 2.16. The summed E-state index contributed by atoms with van der Waals surface area (Å²) in [5.74, 6) is 0.616. The zero-order chi connectivity index (χ0) is 22.8. The number of para-hydroxylation sites is 1. The van der Waals surface area contributed by atoms with Crippen LogP contribution in [0.1, 0.15) is 11.5 Å². The van der Waals surface area contributed by atoms with Gasteiger partial charge in [0.05, 0.1) is 34.0 Å². The van der Waals surface area contributed by atoms with Crippen molar-refractivity contribution in [2.24, 2.45) is 0 Å². The van der Waals surface area contributed by atoms with E-state index in [0.29, 0.717) is 44.6 Å². The monoisotopic (exact) mass is 455 g/mol. The summed E-state index contributed by atoms with van der Waals surface area (Å²) in [7, 11) is 0. The van der Waals surface area contributed by atoms with Crippen LogP contribution in [0.25, 0.3) is 28.0 Å². The Morgan fingerprint density at radius 2 is 1.76 bits per heavy atom. The van der Waals surface area contributed by atoms with E-state index in [2.05, 4.69) is 21.2 Å². The molecule has 0 saturated heterocycles. The van der Waals surface area contributed by atoms with Crippen LogP contribution in [-0.4, -0.2) is 19.7 Å². The lowest BCUT2D eigenvalue weighted by atomic mass is 10.2. The van der Waals surface area contributed by atoms with Crippen LogP contribution in [0.2, 0.25) is 0 Å². The van der Waals surface area contributed by atoms with Crippen molar-refractivity contribution in [1.29, 1.82) is 5.26 Å². The number of benzene rings is 3. The van der Waals surface area contributed by atoms with Crippen molar-refractivity contribution in [3.63, 3.8) is 0 Å². The Morgan fingerprint density at radius 1 is 1.00 bits per heavy atom. The average molecular weight is 455 g/mol. The molecule has 0 aliphatic rings. The Morgan fingerprint density at radius 3 is 2.52 bits per heavy atom. The van der Waals surface area contributed by atoms with Crippen molar-refractivity contribution in [3.8, 4) is 23.1 Å². The maximum Gasteiger partial charge on any atom is 0.266 e. The van der Waals surface area contributed by atoms with Crippen molar-refractivity contribution in [2.75, 3.05) is 0 Å². The van der Waals surface area contributed by atoms with E-state index < -0.39 is 0 Å². The highest BCUT2D eigenvalue weighted by atomic mass is 32.2. The minimum atomic E-state index is -0.346. The molecule has 0 fully saturated rings. The van der Waals surface area contributed by atoms with Crippen LogP contribution >= 0.6 is 11.8 Å². The van der Waals surface area contributed by atoms with E-state index in [1.807, 2.05) is 6.07 Å². The van der Waals surface area contributed by atoms with Gasteiger partial charge in [-0.1, -0.05) is 29.1 Å². The van der Waals surface area contributed by atoms with E-state index in [0.717, 1.165) is 0 Å². The van der Waals surface area contributed by atoms with E-state index in [1.165, 1.54) is 28.5 Å². The Balaban J connectivity index is 1.50. The number of hydrogen-bond acceptors (Lipinski definition) is 7. The molecule has 2 heterocycles. The molecule has 33 heavy (non-hydrogen) atoms. The molecule has 160 valence electrons. The molecule has 7 nitrogen and oxygen atoms in total. The molecule has 0 saturated carbocycles. The van der Waals surface area contributed by atoms with Crippen LogP contribution in [-0.2, 0) is 5.75 Å². The first-order chi connectivity index (χ1) is 16.1. The molecule has 2 aromatic heterocycles. The third kappa shape index (κ3) is 4.12. The topological polar surface area (TPSA) is 97.6 Å². The average Bonchev–Trinajstić information content (AvgIpc) is 3.32. The van der Waals surface area contributed by atoms with Gasteiger partial charge in [-0.2, -0.15) is 10.2 Å². The Bertz CT molecular complexity index is 1550. The SMILES string of the molecule is N#Cc1ccc(-n2c(SCc3nc(-c4ccc(F)cc4)no3)nc3ccccc3c2=O)cc1. The van der Waals surface area contributed by atoms with Gasteiger partial charge in [-0.25, -0.2) is 9.37 Å². The number of halogens is 1. The molecule has 0 unspecified atom stereocenters. The van der Waals surface area contributed by atoms with Crippen molar-refractivity contribution in [1.82, 2.24) is 19.7 Å². The fourth-order valence-corrected chi connectivity index (χ4v) is 4.13. The first-order valence-corrected chi connectivity index (χ1v) is 10.8. The summed E-state index contributed by atoms with van der Waals surface area (Å²) in [4.78, 5) is 22.3. The summed E-state index contributed by atoms with van der Waals surface area (Å²) in [5, 5.41) is 14.0. The van der Waals surface area contributed by atoms with Crippen molar-refractivity contribution in [3.05, 3.63) is 100 Å². The van der Waals surface area contributed by atoms with Crippen molar-refractivity contribution in [2.45, 2.75) is 10.9 Å². The predicted molar refractivity (Wildman–Crippen MR) is 121 cm³/mol. The first kappa shape index (κ1) is 20.6. The number of aromatic nitrogens is 4. The number of nitrogens with zero attached hydrogens (tertiary/aromatic N) is 5. The van der Waals surface area contributed by atoms with Crippen LogP contribution in [0.3, 0.4) is 0 Å². The summed E-state index contributed by atoms with van der Waals surface area (Å²) < 4.78 is 20.0. The molecule has 0 amide bonds. The predicted octanol–water partition coefficient (Wildman–Crippen LogP) is 4.74. The van der Waals surface area contributed by atoms with Gasteiger partial charge in [0, 0.05) is 5.56 Å². The maximum atomic E-state index is 13.3. The minimum Gasteiger partial charge on any atom is -0.338 e. The van der Waals surface area contributed by atoms with Gasteiger partial charge >= 0.3 is 0 Å². The quantitative estimate of drug-likeness (QED) is 0.279. The van der Waals surface area contributed by atoms with E-state index in [9.17, 15) is 9.18 Å². The largest absolute Gasteiger partial charge is 0.338 e. The molecule has 0 aliphatic heterocycles. The summed E-state index contributed by atoms with van der Waals surface area (Å²) in [6.07, 6.45) is 0. The summed E-state index contributed by atoms with van der Waals surface area (Å²) in [5.41, 5.74) is 2.08. The normalized spacial score (nSPS) is 10.9. The van der Waals surface area contributed by atoms with Crippen LogP contribution in [0, 0.1) is 17.1 Å². The lowest BCUT2D eigenvalue weighted by molar-refractivity contribution is 0.391. The molecule has 0 bridgehead atoms. The third-order valence-corrected chi connectivity index (χ3v) is 5.82. The fraction of sp³-hybridized carbons (Fsp3) is 0.0417. The van der Waals surface area contributed by atoms with Crippen LogP contribution in [0.5, 0.6) is 0 Å². The zero-order valence-corrected chi connectivity index (χ0v) is 17.8. The second kappa shape index (κ2) is 8.68. The van der Waals surface area contributed by atoms with Crippen LogP contribution in [0.4, 0.5) is 4.39 Å². The van der Waals surface area contributed by atoms with Gasteiger partial charge in [0.2, 0.25) is 11.7 Å². The number of thioether (sulfide) groups is 1. The van der Waals surface area contributed by atoms with Gasteiger partial charge in [-0.05, 0) is 60.7 Å². The molecule has 0 N–H and O–H groups in total. The molecule has 3 aromatic carbocycles. The molecular formula is C24H14FN5O2S. The first-order valence-electron chi connectivity index (χ1n) is 9.86. The third-order valence-electron chi connectivity index (χ3n) is 4.89. The van der Waals surface area contributed by atoms with E-state index in [4.69, 9.17) is 9.78 Å².